The van der Waals surface area contributed by atoms with E-state index in [1.54, 1.807) is 13.0 Å². The summed E-state index contributed by atoms with van der Waals surface area (Å²) in [5.74, 6) is -5.39. The minimum Gasteiger partial charge on any atom is -0.465 e. The molecule has 0 N–H and O–H groups in total. The van der Waals surface area contributed by atoms with Gasteiger partial charge in [-0.2, -0.15) is 39.5 Å². The van der Waals surface area contributed by atoms with E-state index in [2.05, 4.69) is 6.58 Å². The SMILES string of the molecule is C=C1c2ccccc2Oc2c(-c3cc(C(F)(F)F)cc(C(F)(F)F)c3)cc(C(=O)N(OCOc3cc(-c4cc(C(=O)OC)cc(C(=O)OC)c4)c(CC)c(-c4cc(C(=O)OC)cc(C(=O)OCC(CC)CCCC)c4)c3)C(C)C(F)(F)F)c(CC)c21. The number of alkyl halides is 9. The van der Waals surface area contributed by atoms with E-state index in [9.17, 15) is 45.5 Å². The van der Waals surface area contributed by atoms with Crippen molar-refractivity contribution in [1.82, 2.24) is 5.06 Å². The maximum atomic E-state index is 15.1. The second-order valence-electron chi connectivity index (χ2n) is 20.1. The Hall–Kier alpha value is -8.66. The van der Waals surface area contributed by atoms with E-state index in [-0.39, 0.29) is 121 Å². The third kappa shape index (κ3) is 14.2. The third-order valence-electron chi connectivity index (χ3n) is 14.6. The van der Waals surface area contributed by atoms with Gasteiger partial charge in [0.2, 0.25) is 6.79 Å². The topological polar surface area (TPSA) is 153 Å². The monoisotopic (exact) mass is 1210 g/mol. The highest BCUT2D eigenvalue weighted by molar-refractivity contribution is 6.03. The summed E-state index contributed by atoms with van der Waals surface area (Å²) < 4.78 is 165. The molecule has 0 aliphatic carbocycles. The Balaban J connectivity index is 1.41. The Morgan fingerprint density at radius 2 is 1.10 bits per heavy atom. The molecule has 6 aromatic rings. The standard InChI is InChI=1S/C64H60F9NO12/c1-10-14-17-36(11-2)32-83-61(79)43-23-38(22-42(25-43)60(78)82-9)51-30-46(29-50(47(51)12-3)37-20-40(58(76)80-7)24-41(21-37)59(77)81-8)84-33-85-74(35(6)62(65,66)67)57(75)53-31-52(39-26-44(63(68,69)70)28-45(27-39)64(71,72)73)56-55(48(53)13-4)34(5)49-18-15-16-19-54(49)86-56/h15-16,18-31,35-36H,5,10-14,17,32-33H2,1-4,6-9H3. The number of esters is 4. The number of para-hydroxylation sites is 1. The van der Waals surface area contributed by atoms with Crippen LogP contribution in [0.15, 0.2) is 104 Å². The predicted molar refractivity (Wildman–Crippen MR) is 298 cm³/mol. The smallest absolute Gasteiger partial charge is 0.416 e. The summed E-state index contributed by atoms with van der Waals surface area (Å²) in [6.45, 7) is 10.8. The van der Waals surface area contributed by atoms with Crippen molar-refractivity contribution in [3.05, 3.63) is 165 Å². The van der Waals surface area contributed by atoms with Crippen LogP contribution in [0.4, 0.5) is 39.5 Å². The number of carbonyl (C=O) groups is 5. The van der Waals surface area contributed by atoms with Gasteiger partial charge in [-0.05, 0) is 155 Å². The number of carbonyl (C=O) groups excluding carboxylic acids is 5. The van der Waals surface area contributed by atoms with Crippen LogP contribution in [-0.2, 0) is 49.0 Å². The predicted octanol–water partition coefficient (Wildman–Crippen LogP) is 16.1. The van der Waals surface area contributed by atoms with Gasteiger partial charge < -0.3 is 28.4 Å². The molecule has 86 heavy (non-hydrogen) atoms. The largest absolute Gasteiger partial charge is 0.465 e. The highest BCUT2D eigenvalue weighted by Crippen LogP contribution is 2.52. The molecular weight excluding hydrogens is 1150 g/mol. The van der Waals surface area contributed by atoms with Gasteiger partial charge in [-0.1, -0.05) is 71.7 Å². The first kappa shape index (κ1) is 64.9. The number of hydrogen-bond donors (Lipinski definition) is 0. The molecule has 456 valence electrons. The Bertz CT molecular complexity index is 3520. The van der Waals surface area contributed by atoms with E-state index in [0.717, 1.165) is 46.7 Å². The fourth-order valence-corrected chi connectivity index (χ4v) is 10.0. The molecule has 6 aromatic carbocycles. The van der Waals surface area contributed by atoms with Crippen LogP contribution in [0.5, 0.6) is 17.2 Å². The van der Waals surface area contributed by atoms with E-state index < -0.39 is 89.0 Å². The molecule has 0 bridgehead atoms. The van der Waals surface area contributed by atoms with Gasteiger partial charge >= 0.3 is 42.4 Å². The molecule has 0 aromatic heterocycles. The van der Waals surface area contributed by atoms with Gasteiger partial charge in [0, 0.05) is 22.3 Å². The van der Waals surface area contributed by atoms with E-state index in [1.807, 2.05) is 13.8 Å². The number of rotatable bonds is 21. The molecule has 0 radical (unpaired) electrons. The van der Waals surface area contributed by atoms with Crippen molar-refractivity contribution >= 4 is 35.4 Å². The number of ether oxygens (including phenoxy) is 6. The lowest BCUT2D eigenvalue weighted by atomic mass is 9.83. The maximum Gasteiger partial charge on any atom is 0.416 e. The molecule has 7 rings (SSSR count). The molecule has 1 aliphatic rings. The number of halogens is 9. The Morgan fingerprint density at radius 3 is 1.57 bits per heavy atom. The molecular formula is C64H60F9NO12. The van der Waals surface area contributed by atoms with Gasteiger partial charge in [0.25, 0.3) is 5.91 Å². The Kier molecular flexibility index (Phi) is 20.2. The van der Waals surface area contributed by atoms with E-state index in [4.69, 9.17) is 33.3 Å². The van der Waals surface area contributed by atoms with Crippen LogP contribution < -0.4 is 9.47 Å². The first-order valence-electron chi connectivity index (χ1n) is 27.1. The summed E-state index contributed by atoms with van der Waals surface area (Å²) in [4.78, 5) is 74.2. The molecule has 1 heterocycles. The molecule has 2 atom stereocenters. The zero-order valence-corrected chi connectivity index (χ0v) is 48.0. The first-order valence-corrected chi connectivity index (χ1v) is 27.1. The third-order valence-corrected chi connectivity index (χ3v) is 14.6. The van der Waals surface area contributed by atoms with Crippen molar-refractivity contribution < 1.29 is 96.7 Å². The first-order chi connectivity index (χ1) is 40.6. The van der Waals surface area contributed by atoms with Crippen molar-refractivity contribution in [1.29, 1.82) is 0 Å². The fraction of sp³-hybridized carbons (Fsp3) is 0.328. The van der Waals surface area contributed by atoms with Crippen LogP contribution in [0, 0.1) is 5.92 Å². The Morgan fingerprint density at radius 1 is 0.605 bits per heavy atom. The summed E-state index contributed by atoms with van der Waals surface area (Å²) in [6, 6.07) is 15.6. The van der Waals surface area contributed by atoms with Gasteiger partial charge in [-0.15, -0.1) is 0 Å². The van der Waals surface area contributed by atoms with Crippen LogP contribution in [0.3, 0.4) is 0 Å². The average Bonchev–Trinajstić information content (AvgIpc) is 0.767. The maximum absolute atomic E-state index is 15.1. The molecule has 0 fully saturated rings. The van der Waals surface area contributed by atoms with Crippen molar-refractivity contribution in [2.75, 3.05) is 34.7 Å². The number of benzene rings is 6. The van der Waals surface area contributed by atoms with Crippen LogP contribution in [-0.4, -0.2) is 81.8 Å². The number of hydroxylamine groups is 2. The normalized spacial score (nSPS) is 12.9. The summed E-state index contributed by atoms with van der Waals surface area (Å²) in [7, 11) is 3.34. The second-order valence-corrected chi connectivity index (χ2v) is 20.1. The molecule has 13 nitrogen and oxygen atoms in total. The average molecular weight is 1210 g/mol. The van der Waals surface area contributed by atoms with Gasteiger partial charge in [-0.3, -0.25) is 4.79 Å². The second kappa shape index (κ2) is 26.7. The summed E-state index contributed by atoms with van der Waals surface area (Å²) in [6.07, 6.45) is -12.7. The van der Waals surface area contributed by atoms with E-state index >= 15 is 18.0 Å². The zero-order valence-electron chi connectivity index (χ0n) is 48.0. The fourth-order valence-electron chi connectivity index (χ4n) is 10.0. The van der Waals surface area contributed by atoms with Crippen molar-refractivity contribution in [2.45, 2.75) is 97.7 Å². The van der Waals surface area contributed by atoms with Crippen LogP contribution >= 0.6 is 0 Å². The van der Waals surface area contributed by atoms with Crippen LogP contribution in [0.25, 0.3) is 39.0 Å². The summed E-state index contributed by atoms with van der Waals surface area (Å²) >= 11 is 0. The zero-order chi connectivity index (χ0) is 63.2. The summed E-state index contributed by atoms with van der Waals surface area (Å²) in [5, 5.41) is -0.0912. The number of hydrogen-bond acceptors (Lipinski definition) is 12. The Labute approximate surface area is 489 Å². The van der Waals surface area contributed by atoms with Crippen molar-refractivity contribution in [3.63, 3.8) is 0 Å². The molecule has 1 amide bonds. The minimum absolute atomic E-state index is 0.0324. The van der Waals surface area contributed by atoms with E-state index in [0.29, 0.717) is 31.0 Å². The quantitative estimate of drug-likeness (QED) is 0.0221. The molecule has 2 unspecified atom stereocenters. The number of fused-ring (bicyclic) bond motifs is 2. The van der Waals surface area contributed by atoms with Gasteiger partial charge in [0.05, 0.1) is 61.3 Å². The number of amides is 1. The van der Waals surface area contributed by atoms with Gasteiger partial charge in [-0.25, -0.2) is 29.1 Å². The lowest BCUT2D eigenvalue weighted by Gasteiger charge is -2.32. The minimum atomic E-state index is -5.34. The van der Waals surface area contributed by atoms with E-state index in [1.165, 1.54) is 73.7 Å². The molecule has 0 spiro atoms. The van der Waals surface area contributed by atoms with Crippen molar-refractivity contribution in [3.8, 4) is 50.6 Å². The molecule has 22 heteroatoms. The lowest BCUT2D eigenvalue weighted by molar-refractivity contribution is -0.261. The van der Waals surface area contributed by atoms with Crippen LogP contribution in [0.2, 0.25) is 0 Å². The van der Waals surface area contributed by atoms with Crippen LogP contribution in [0.1, 0.15) is 145 Å². The van der Waals surface area contributed by atoms with Gasteiger partial charge in [0.1, 0.15) is 17.2 Å². The van der Waals surface area contributed by atoms with Crippen molar-refractivity contribution in [2.24, 2.45) is 5.92 Å². The molecule has 0 saturated carbocycles. The highest BCUT2D eigenvalue weighted by atomic mass is 19.4. The van der Waals surface area contributed by atoms with Gasteiger partial charge in [0.15, 0.2) is 6.04 Å². The highest BCUT2D eigenvalue weighted by Gasteiger charge is 2.45. The molecule has 1 aliphatic heterocycles. The number of nitrogens with zero attached hydrogens (tertiary/aromatic N) is 1. The molecule has 0 saturated heterocycles. The lowest BCUT2D eigenvalue weighted by Crippen LogP contribution is -2.47. The number of methoxy groups -OCH3 is 3. The summed E-state index contributed by atoms with van der Waals surface area (Å²) in [5.41, 5.74) is -4.45. The number of unbranched alkanes of at least 4 members (excludes halogenated alkanes) is 1.